The van der Waals surface area contributed by atoms with E-state index in [-0.39, 0.29) is 5.91 Å². The lowest BCUT2D eigenvalue weighted by Crippen LogP contribution is -2.47. The summed E-state index contributed by atoms with van der Waals surface area (Å²) in [7, 11) is 0. The number of hydrogen-bond donors (Lipinski definition) is 3. The molecule has 1 aromatic heterocycles. The molecule has 9 heteroatoms. The van der Waals surface area contributed by atoms with E-state index < -0.39 is 0 Å². The van der Waals surface area contributed by atoms with Gasteiger partial charge in [-0.2, -0.15) is 10.1 Å². The van der Waals surface area contributed by atoms with E-state index in [0.29, 0.717) is 25.6 Å². The number of amides is 1. The van der Waals surface area contributed by atoms with Gasteiger partial charge in [-0.15, -0.1) is 0 Å². The first-order valence-corrected chi connectivity index (χ1v) is 11.1. The summed E-state index contributed by atoms with van der Waals surface area (Å²) in [5.74, 6) is 3.42. The van der Waals surface area contributed by atoms with Crippen LogP contribution in [0.4, 0.5) is 11.5 Å². The number of nitrogens with one attached hydrogen (secondary N) is 3. The van der Waals surface area contributed by atoms with Crippen LogP contribution in [0.1, 0.15) is 30.0 Å². The van der Waals surface area contributed by atoms with Gasteiger partial charge in [-0.25, -0.2) is 0 Å². The number of hydrogen-bond acceptors (Lipinski definition) is 7. The zero-order valence-electron chi connectivity index (χ0n) is 17.8. The molecule has 163 valence electrons. The average molecular weight is 431 g/mol. The van der Waals surface area contributed by atoms with Crippen LogP contribution in [0.5, 0.6) is 0 Å². The fourth-order valence-electron chi connectivity index (χ4n) is 4.39. The maximum Gasteiger partial charge on any atom is 0.284 e. The number of aromatic nitrogens is 2. The largest absolute Gasteiger partial charge is 0.354 e. The highest BCUT2D eigenvalue weighted by Crippen LogP contribution is 2.39. The number of anilines is 2. The summed E-state index contributed by atoms with van der Waals surface area (Å²) in [5.41, 5.74) is 3.49. The standard InChI is InChI=1S/C23H26N8O/c32-23-15-29(8-6-25-23)12-16-2-1-3-18(10-16)30-13-21-24-7-9-31(21)22(14-30)26-20-11-19(27-28-20)17-4-5-17/h1-3,7,9-11,14,17H,4-6,8,12-13,15H2,(H,25,32)(H2,26,27,28)/q+1. The quantitative estimate of drug-likeness (QED) is 0.609. The van der Waals surface area contributed by atoms with Crippen LogP contribution in [0.15, 0.2) is 59.7 Å². The normalized spacial score (nSPS) is 21.2. The lowest BCUT2D eigenvalue weighted by atomic mass is 10.1. The molecule has 3 aliphatic heterocycles. The molecule has 2 fully saturated rings. The Hall–Kier alpha value is -3.43. The first kappa shape index (κ1) is 19.3. The van der Waals surface area contributed by atoms with Crippen LogP contribution in [0.25, 0.3) is 0 Å². The smallest absolute Gasteiger partial charge is 0.284 e. The minimum atomic E-state index is 0.0946. The Morgan fingerprint density at radius 3 is 3.03 bits per heavy atom. The molecule has 4 heterocycles. The van der Waals surface area contributed by atoms with Crippen molar-refractivity contribution in [2.75, 3.05) is 36.4 Å². The first-order valence-electron chi connectivity index (χ1n) is 11.1. The van der Waals surface area contributed by atoms with E-state index in [1.807, 2.05) is 12.4 Å². The molecule has 1 radical (unpaired) electrons. The molecule has 2 aromatic rings. The van der Waals surface area contributed by atoms with Crippen LogP contribution in [0.3, 0.4) is 0 Å². The average Bonchev–Trinajstić information content (AvgIpc) is 3.34. The third-order valence-corrected chi connectivity index (χ3v) is 6.20. The Balaban J connectivity index is 1.23. The van der Waals surface area contributed by atoms with Crippen molar-refractivity contribution in [1.29, 1.82) is 0 Å². The van der Waals surface area contributed by atoms with Crippen molar-refractivity contribution < 1.29 is 4.79 Å². The maximum atomic E-state index is 11.7. The van der Waals surface area contributed by atoms with Gasteiger partial charge >= 0.3 is 0 Å². The molecule has 0 bridgehead atoms. The zero-order chi connectivity index (χ0) is 21.5. The number of aromatic amines is 1. The van der Waals surface area contributed by atoms with E-state index in [1.54, 1.807) is 0 Å². The van der Waals surface area contributed by atoms with Crippen LogP contribution in [0.2, 0.25) is 0 Å². The highest BCUT2D eigenvalue weighted by atomic mass is 16.2. The number of benzene rings is 1. The molecule has 1 saturated carbocycles. The fraction of sp³-hybridized carbons (Fsp3) is 0.348. The molecular formula is C23H26N8O+. The van der Waals surface area contributed by atoms with E-state index in [1.165, 1.54) is 24.1 Å². The van der Waals surface area contributed by atoms with E-state index in [2.05, 4.69) is 77.1 Å². The third kappa shape index (κ3) is 3.92. The highest BCUT2D eigenvalue weighted by Gasteiger charge is 2.38. The van der Waals surface area contributed by atoms with Gasteiger partial charge in [0.15, 0.2) is 12.0 Å². The van der Waals surface area contributed by atoms with Crippen molar-refractivity contribution in [3.05, 3.63) is 66.0 Å². The topological polar surface area (TPSA) is 94.6 Å². The van der Waals surface area contributed by atoms with Crippen LogP contribution >= 0.6 is 0 Å². The Morgan fingerprint density at radius 2 is 2.16 bits per heavy atom. The summed E-state index contributed by atoms with van der Waals surface area (Å²) in [5, 5.41) is 13.9. The molecule has 0 atom stereocenters. The third-order valence-electron chi connectivity index (χ3n) is 6.20. The number of carbonyl (C=O) groups is 1. The Morgan fingerprint density at radius 1 is 1.22 bits per heavy atom. The zero-order valence-corrected chi connectivity index (χ0v) is 17.8. The molecule has 4 aliphatic rings. The molecule has 6 rings (SSSR count). The number of aliphatic imine (C=N–C) groups is 1. The predicted molar refractivity (Wildman–Crippen MR) is 123 cm³/mol. The molecule has 1 aliphatic carbocycles. The van der Waals surface area contributed by atoms with Crippen molar-refractivity contribution in [2.24, 2.45) is 4.99 Å². The van der Waals surface area contributed by atoms with E-state index >= 15 is 0 Å². The Bertz CT molecular complexity index is 1130. The lowest BCUT2D eigenvalue weighted by molar-refractivity contribution is -0.124. The number of carbonyl (C=O) groups excluding carboxylic acids is 1. The second kappa shape index (κ2) is 7.92. The van der Waals surface area contributed by atoms with Gasteiger partial charge in [-0.05, 0) is 35.4 Å². The number of piperazine rings is 1. The number of nitrogens with zero attached hydrogens (tertiary/aromatic N) is 5. The van der Waals surface area contributed by atoms with Crippen molar-refractivity contribution >= 4 is 23.2 Å². The van der Waals surface area contributed by atoms with Gasteiger partial charge in [-0.3, -0.25) is 20.1 Å². The monoisotopic (exact) mass is 430 g/mol. The van der Waals surface area contributed by atoms with Crippen LogP contribution < -0.4 is 20.4 Å². The molecule has 1 saturated heterocycles. The summed E-state index contributed by atoms with van der Waals surface area (Å²) >= 11 is 0. The van der Waals surface area contributed by atoms with Crippen LogP contribution in [-0.4, -0.2) is 53.0 Å². The highest BCUT2D eigenvalue weighted by molar-refractivity contribution is 5.96. The second-order valence-electron chi connectivity index (χ2n) is 8.69. The van der Waals surface area contributed by atoms with Crippen molar-refractivity contribution in [1.82, 2.24) is 25.3 Å². The van der Waals surface area contributed by atoms with Gasteiger partial charge in [0.05, 0.1) is 18.9 Å². The summed E-state index contributed by atoms with van der Waals surface area (Å²) in [4.78, 5) is 22.7. The molecule has 0 spiro atoms. The molecule has 0 unspecified atom stereocenters. The molecule has 3 N–H and O–H groups in total. The van der Waals surface area contributed by atoms with Crippen LogP contribution in [-0.2, 0) is 11.3 Å². The first-order chi connectivity index (χ1) is 15.7. The Labute approximate surface area is 186 Å². The molecule has 32 heavy (non-hydrogen) atoms. The fourth-order valence-corrected chi connectivity index (χ4v) is 4.39. The van der Waals surface area contributed by atoms with E-state index in [9.17, 15) is 4.79 Å². The molecule has 1 aromatic carbocycles. The van der Waals surface area contributed by atoms with E-state index in [0.717, 1.165) is 36.3 Å². The number of fused-ring (bicyclic) bond motifs is 1. The van der Waals surface area contributed by atoms with Crippen molar-refractivity contribution in [2.45, 2.75) is 25.3 Å². The summed E-state index contributed by atoms with van der Waals surface area (Å²) < 4.78 is 0. The SMILES string of the molecule is O=C1CN(Cc2cccc(N3C=C(Nc4cc(C5CC5)[nH]n4)[N+]4C=CN=C4C3)c2)CCN1. The lowest BCUT2D eigenvalue weighted by Gasteiger charge is -2.28. The minimum Gasteiger partial charge on any atom is -0.354 e. The van der Waals surface area contributed by atoms with Gasteiger partial charge in [-0.1, -0.05) is 12.1 Å². The number of rotatable bonds is 6. The Kier molecular flexibility index (Phi) is 4.77. The molecular weight excluding hydrogens is 404 g/mol. The summed E-state index contributed by atoms with van der Waals surface area (Å²) in [6.07, 6.45) is 8.38. The van der Waals surface area contributed by atoms with Gasteiger partial charge in [0.2, 0.25) is 5.91 Å². The van der Waals surface area contributed by atoms with Crippen molar-refractivity contribution in [3.63, 3.8) is 0 Å². The van der Waals surface area contributed by atoms with Crippen molar-refractivity contribution in [3.8, 4) is 0 Å². The number of amidine groups is 1. The maximum absolute atomic E-state index is 11.7. The van der Waals surface area contributed by atoms with Gasteiger partial charge in [0.1, 0.15) is 6.54 Å². The molecule has 1 amide bonds. The molecule has 9 nitrogen and oxygen atoms in total. The van der Waals surface area contributed by atoms with Gasteiger partial charge in [0.25, 0.3) is 11.7 Å². The van der Waals surface area contributed by atoms with Gasteiger partial charge in [0, 0.05) is 43.0 Å². The van der Waals surface area contributed by atoms with Crippen LogP contribution in [0, 0.1) is 0 Å². The van der Waals surface area contributed by atoms with Gasteiger partial charge < -0.3 is 10.2 Å². The summed E-state index contributed by atoms with van der Waals surface area (Å²) in [6, 6.07) is 10.6. The number of H-pyrrole nitrogens is 1. The van der Waals surface area contributed by atoms with E-state index in [4.69, 9.17) is 0 Å². The summed E-state index contributed by atoms with van der Waals surface area (Å²) in [6.45, 7) is 3.47. The minimum absolute atomic E-state index is 0.0946. The second-order valence-corrected chi connectivity index (χ2v) is 8.69. The predicted octanol–water partition coefficient (Wildman–Crippen LogP) is 1.97.